The molecule has 2 N–H and O–H groups in total. The van der Waals surface area contributed by atoms with Crippen LogP contribution in [0.5, 0.6) is 0 Å². The number of likely N-dealkylation sites (tertiary alicyclic amines) is 1. The number of carbonyl (C=O) groups excluding carboxylic acids is 2. The summed E-state index contributed by atoms with van der Waals surface area (Å²) in [5, 5.41) is 13.9. The Morgan fingerprint density at radius 1 is 1.22 bits per heavy atom. The van der Waals surface area contributed by atoms with Crippen molar-refractivity contribution in [1.29, 1.82) is 0 Å². The number of hydrogen-bond donors (Lipinski definition) is 2. The second-order valence-electron chi connectivity index (χ2n) is 6.32. The summed E-state index contributed by atoms with van der Waals surface area (Å²) in [5.74, 6) is 0.102. The van der Waals surface area contributed by atoms with Crippen LogP contribution in [0.2, 0.25) is 5.02 Å². The number of benzene rings is 1. The second-order valence-corrected chi connectivity index (χ2v) is 6.75. The first-order valence-electron chi connectivity index (χ1n) is 8.06. The van der Waals surface area contributed by atoms with Crippen LogP contribution >= 0.6 is 11.6 Å². The highest BCUT2D eigenvalue weighted by Gasteiger charge is 2.34. The maximum absolute atomic E-state index is 12.4. The Morgan fingerprint density at radius 2 is 1.87 bits per heavy atom. The highest BCUT2D eigenvalue weighted by molar-refractivity contribution is 6.30. The van der Waals surface area contributed by atoms with E-state index in [4.69, 9.17) is 11.6 Å². The van der Waals surface area contributed by atoms with Gasteiger partial charge in [-0.3, -0.25) is 9.59 Å². The van der Waals surface area contributed by atoms with Crippen molar-refractivity contribution in [3.05, 3.63) is 34.9 Å². The van der Waals surface area contributed by atoms with Crippen LogP contribution in [-0.4, -0.2) is 41.0 Å². The molecule has 0 unspecified atom stereocenters. The first kappa shape index (κ1) is 16.3. The normalized spacial score (nSPS) is 23.7. The summed E-state index contributed by atoms with van der Waals surface area (Å²) in [5.41, 5.74) is 0.863. The lowest BCUT2D eigenvalue weighted by Gasteiger charge is -2.35. The van der Waals surface area contributed by atoms with E-state index in [9.17, 15) is 14.7 Å². The van der Waals surface area contributed by atoms with E-state index >= 15 is 0 Å². The van der Waals surface area contributed by atoms with Crippen molar-refractivity contribution in [2.24, 2.45) is 5.92 Å². The van der Waals surface area contributed by atoms with E-state index in [1.54, 1.807) is 17.0 Å². The third-order valence-electron chi connectivity index (χ3n) is 4.80. The molecule has 2 heterocycles. The summed E-state index contributed by atoms with van der Waals surface area (Å²) >= 11 is 5.87. The standard InChI is InChI=1S/C17H21ClN2O3/c18-13-3-1-11(2-4-13)16(22)12-7-9-20(10-8-12)17(23)14-5-6-15(21)19-14/h1-4,12,14,16,22H,5-10H2,(H,19,21)/t14-,16-/m1/s1. The van der Waals surface area contributed by atoms with E-state index in [0.29, 0.717) is 31.0 Å². The lowest BCUT2D eigenvalue weighted by molar-refractivity contribution is -0.136. The van der Waals surface area contributed by atoms with Crippen LogP contribution in [-0.2, 0) is 9.59 Å². The van der Waals surface area contributed by atoms with Crippen molar-refractivity contribution in [3.8, 4) is 0 Å². The maximum atomic E-state index is 12.4. The van der Waals surface area contributed by atoms with Gasteiger partial charge in [-0.25, -0.2) is 0 Å². The monoisotopic (exact) mass is 336 g/mol. The minimum atomic E-state index is -0.532. The zero-order chi connectivity index (χ0) is 16.4. The molecule has 2 amide bonds. The Morgan fingerprint density at radius 3 is 2.43 bits per heavy atom. The Balaban J connectivity index is 1.54. The number of nitrogens with one attached hydrogen (secondary N) is 1. The summed E-state index contributed by atoms with van der Waals surface area (Å²) in [6.45, 7) is 1.25. The topological polar surface area (TPSA) is 69.6 Å². The molecule has 2 saturated heterocycles. The van der Waals surface area contributed by atoms with Crippen LogP contribution in [0, 0.1) is 5.92 Å². The van der Waals surface area contributed by atoms with Gasteiger partial charge in [-0.1, -0.05) is 23.7 Å². The zero-order valence-electron chi connectivity index (χ0n) is 12.9. The largest absolute Gasteiger partial charge is 0.388 e. The van der Waals surface area contributed by atoms with Gasteiger partial charge in [0.15, 0.2) is 0 Å². The average Bonchev–Trinajstić information content (AvgIpc) is 3.01. The minimum Gasteiger partial charge on any atom is -0.388 e. The minimum absolute atomic E-state index is 0.00952. The molecule has 0 aromatic heterocycles. The highest BCUT2D eigenvalue weighted by atomic mass is 35.5. The number of aliphatic hydroxyl groups excluding tert-OH is 1. The van der Waals surface area contributed by atoms with Gasteiger partial charge < -0.3 is 15.3 Å². The number of halogens is 1. The third kappa shape index (κ3) is 3.67. The predicted octanol–water partition coefficient (Wildman–Crippen LogP) is 1.89. The fourth-order valence-corrected chi connectivity index (χ4v) is 3.51. The molecule has 124 valence electrons. The summed E-state index contributed by atoms with van der Waals surface area (Å²) in [7, 11) is 0. The molecule has 0 aliphatic carbocycles. The SMILES string of the molecule is O=C1CC[C@H](C(=O)N2CCC([C@H](O)c3ccc(Cl)cc3)CC2)N1. The Kier molecular flexibility index (Phi) is 4.87. The molecule has 23 heavy (non-hydrogen) atoms. The first-order chi connectivity index (χ1) is 11.0. The molecule has 2 aliphatic heterocycles. The van der Waals surface area contributed by atoms with E-state index in [-0.39, 0.29) is 23.8 Å². The number of aliphatic hydroxyl groups is 1. The van der Waals surface area contributed by atoms with Crippen LogP contribution in [0.25, 0.3) is 0 Å². The van der Waals surface area contributed by atoms with Crippen molar-refractivity contribution in [2.45, 2.75) is 37.8 Å². The molecule has 0 bridgehead atoms. The van der Waals surface area contributed by atoms with E-state index in [2.05, 4.69) is 5.32 Å². The molecular formula is C17H21ClN2O3. The molecule has 2 atom stereocenters. The van der Waals surface area contributed by atoms with Gasteiger partial charge in [0.25, 0.3) is 0 Å². The van der Waals surface area contributed by atoms with E-state index < -0.39 is 6.10 Å². The molecule has 2 aliphatic rings. The lowest BCUT2D eigenvalue weighted by Crippen LogP contribution is -2.48. The summed E-state index contributed by atoms with van der Waals surface area (Å²) in [4.78, 5) is 25.4. The smallest absolute Gasteiger partial charge is 0.245 e. The molecule has 1 aromatic rings. The van der Waals surface area contributed by atoms with E-state index in [1.165, 1.54) is 0 Å². The van der Waals surface area contributed by atoms with Gasteiger partial charge in [-0.2, -0.15) is 0 Å². The average molecular weight is 337 g/mol. The molecule has 6 heteroatoms. The van der Waals surface area contributed by atoms with Gasteiger partial charge in [-0.05, 0) is 42.9 Å². The molecular weight excluding hydrogens is 316 g/mol. The van der Waals surface area contributed by atoms with Crippen LogP contribution in [0.15, 0.2) is 24.3 Å². The van der Waals surface area contributed by atoms with Gasteiger partial charge in [0.2, 0.25) is 11.8 Å². The van der Waals surface area contributed by atoms with Crippen LogP contribution < -0.4 is 5.32 Å². The van der Waals surface area contributed by atoms with Crippen LogP contribution in [0.3, 0.4) is 0 Å². The van der Waals surface area contributed by atoms with Gasteiger partial charge in [0.05, 0.1) is 6.10 Å². The fourth-order valence-electron chi connectivity index (χ4n) is 3.39. The maximum Gasteiger partial charge on any atom is 0.245 e. The van der Waals surface area contributed by atoms with Crippen molar-refractivity contribution < 1.29 is 14.7 Å². The summed E-state index contributed by atoms with van der Waals surface area (Å²) < 4.78 is 0. The number of piperidine rings is 1. The number of carbonyl (C=O) groups is 2. The number of hydrogen-bond acceptors (Lipinski definition) is 3. The third-order valence-corrected chi connectivity index (χ3v) is 5.05. The number of amides is 2. The van der Waals surface area contributed by atoms with E-state index in [1.807, 2.05) is 12.1 Å². The Hall–Kier alpha value is -1.59. The molecule has 5 nitrogen and oxygen atoms in total. The summed E-state index contributed by atoms with van der Waals surface area (Å²) in [6.07, 6.45) is 2.01. The van der Waals surface area contributed by atoms with Gasteiger partial charge >= 0.3 is 0 Å². The molecule has 3 rings (SSSR count). The molecule has 2 fully saturated rings. The van der Waals surface area contributed by atoms with Crippen LogP contribution in [0.1, 0.15) is 37.4 Å². The second kappa shape index (κ2) is 6.89. The first-order valence-corrected chi connectivity index (χ1v) is 8.44. The van der Waals surface area contributed by atoms with Gasteiger partial charge in [0.1, 0.15) is 6.04 Å². The summed E-state index contributed by atoms with van der Waals surface area (Å²) in [6, 6.07) is 6.89. The fraction of sp³-hybridized carbons (Fsp3) is 0.529. The van der Waals surface area contributed by atoms with Gasteiger partial charge in [0, 0.05) is 24.5 Å². The molecule has 0 saturated carbocycles. The Bertz CT molecular complexity index is 582. The lowest BCUT2D eigenvalue weighted by atomic mass is 9.87. The van der Waals surface area contributed by atoms with Crippen molar-refractivity contribution >= 4 is 23.4 Å². The quantitative estimate of drug-likeness (QED) is 0.885. The van der Waals surface area contributed by atoms with Crippen molar-refractivity contribution in [3.63, 3.8) is 0 Å². The molecule has 0 radical (unpaired) electrons. The molecule has 1 aromatic carbocycles. The van der Waals surface area contributed by atoms with E-state index in [0.717, 1.165) is 18.4 Å². The van der Waals surface area contributed by atoms with Gasteiger partial charge in [-0.15, -0.1) is 0 Å². The Labute approximate surface area is 140 Å². The van der Waals surface area contributed by atoms with Crippen LogP contribution in [0.4, 0.5) is 0 Å². The number of rotatable bonds is 3. The number of nitrogens with zero attached hydrogens (tertiary/aromatic N) is 1. The molecule has 0 spiro atoms. The van der Waals surface area contributed by atoms with Crippen molar-refractivity contribution in [2.75, 3.05) is 13.1 Å². The van der Waals surface area contributed by atoms with Crippen molar-refractivity contribution in [1.82, 2.24) is 10.2 Å². The predicted molar refractivity (Wildman–Crippen MR) is 86.9 cm³/mol. The highest BCUT2D eigenvalue weighted by Crippen LogP contribution is 2.31. The zero-order valence-corrected chi connectivity index (χ0v) is 13.6.